The van der Waals surface area contributed by atoms with Gasteiger partial charge in [0.1, 0.15) is 0 Å². The summed E-state index contributed by atoms with van der Waals surface area (Å²) in [6, 6.07) is 0. The van der Waals surface area contributed by atoms with Gasteiger partial charge < -0.3 is 10.4 Å². The Labute approximate surface area is 110 Å². The van der Waals surface area contributed by atoms with Crippen LogP contribution < -0.4 is 16.6 Å². The normalized spacial score (nSPS) is 10.7. The van der Waals surface area contributed by atoms with E-state index in [1.807, 2.05) is 0 Å². The Bertz CT molecular complexity index is 571. The van der Waals surface area contributed by atoms with Crippen LogP contribution in [-0.4, -0.2) is 27.1 Å². The molecule has 1 aromatic heterocycles. The molecule has 3 N–H and O–H groups in total. The third-order valence-corrected chi connectivity index (χ3v) is 2.72. The van der Waals surface area contributed by atoms with Crippen LogP contribution >= 0.6 is 0 Å². The highest BCUT2D eigenvalue weighted by Crippen LogP contribution is 2.19. The summed E-state index contributed by atoms with van der Waals surface area (Å²) in [4.78, 5) is 36.7. The summed E-state index contributed by atoms with van der Waals surface area (Å²) in [5.74, 6) is -0.806. The maximum Gasteiger partial charge on any atom is 0.331 e. The Kier molecular flexibility index (Phi) is 4.91. The summed E-state index contributed by atoms with van der Waals surface area (Å²) in [5.41, 5.74) is -1.15. The van der Waals surface area contributed by atoms with E-state index in [-0.39, 0.29) is 36.2 Å². The lowest BCUT2D eigenvalue weighted by Gasteiger charge is -2.12. The first-order chi connectivity index (χ1) is 8.88. The number of rotatable bonds is 5. The first-order valence-corrected chi connectivity index (χ1v) is 6.21. The van der Waals surface area contributed by atoms with Crippen LogP contribution in [-0.2, 0) is 11.3 Å². The van der Waals surface area contributed by atoms with Crippen molar-refractivity contribution < 1.29 is 9.90 Å². The molecule has 1 rings (SSSR count). The van der Waals surface area contributed by atoms with Crippen molar-refractivity contribution in [1.29, 1.82) is 0 Å². The minimum Gasteiger partial charge on any atom is -0.494 e. The zero-order valence-corrected chi connectivity index (χ0v) is 11.3. The number of nitrogens with one attached hydrogen (secondary N) is 2. The van der Waals surface area contributed by atoms with E-state index in [9.17, 15) is 19.5 Å². The third kappa shape index (κ3) is 3.46. The number of hydrogen-bond acceptors (Lipinski definition) is 4. The van der Waals surface area contributed by atoms with Crippen LogP contribution in [0.2, 0.25) is 0 Å². The standard InChI is InChI=1S/C12H19N3O4/c1-4-13-8(16)5-6-15-11(18)9(7(2)3)10(17)14-12(15)19/h7,18H,4-6H2,1-3H3,(H,13,16)(H,14,17,19). The number of H-pyrrole nitrogens is 1. The topological polar surface area (TPSA) is 104 Å². The molecule has 0 saturated heterocycles. The molecular weight excluding hydrogens is 250 g/mol. The van der Waals surface area contributed by atoms with E-state index >= 15 is 0 Å². The molecule has 19 heavy (non-hydrogen) atoms. The second-order valence-electron chi connectivity index (χ2n) is 4.51. The molecule has 0 radical (unpaired) electrons. The lowest BCUT2D eigenvalue weighted by molar-refractivity contribution is -0.121. The number of amides is 1. The Hall–Kier alpha value is -2.05. The van der Waals surface area contributed by atoms with Crippen molar-refractivity contribution in [3.8, 4) is 5.88 Å². The molecule has 7 nitrogen and oxygen atoms in total. The van der Waals surface area contributed by atoms with Gasteiger partial charge >= 0.3 is 5.69 Å². The van der Waals surface area contributed by atoms with E-state index in [0.717, 1.165) is 4.57 Å². The summed E-state index contributed by atoms with van der Waals surface area (Å²) in [6.07, 6.45) is 0.0604. The molecule has 0 fully saturated rings. The molecule has 0 atom stereocenters. The van der Waals surface area contributed by atoms with Crippen LogP contribution in [0.4, 0.5) is 0 Å². The fourth-order valence-electron chi connectivity index (χ4n) is 1.80. The van der Waals surface area contributed by atoms with Gasteiger partial charge in [-0.3, -0.25) is 19.1 Å². The predicted molar refractivity (Wildman–Crippen MR) is 70.4 cm³/mol. The largest absolute Gasteiger partial charge is 0.494 e. The highest BCUT2D eigenvalue weighted by atomic mass is 16.3. The van der Waals surface area contributed by atoms with Crippen molar-refractivity contribution in [2.45, 2.75) is 39.7 Å². The van der Waals surface area contributed by atoms with Crippen LogP contribution in [0.25, 0.3) is 0 Å². The van der Waals surface area contributed by atoms with Gasteiger partial charge in [0.25, 0.3) is 5.56 Å². The maximum atomic E-state index is 11.6. The summed E-state index contributed by atoms with van der Waals surface area (Å²) in [6.45, 7) is 5.79. The van der Waals surface area contributed by atoms with Crippen molar-refractivity contribution in [2.75, 3.05) is 6.54 Å². The van der Waals surface area contributed by atoms with Gasteiger partial charge in [0.15, 0.2) is 0 Å². The SMILES string of the molecule is CCNC(=O)CCn1c(O)c(C(C)C)c(=O)[nH]c1=O. The van der Waals surface area contributed by atoms with E-state index in [1.54, 1.807) is 20.8 Å². The van der Waals surface area contributed by atoms with Gasteiger partial charge in [0.2, 0.25) is 11.8 Å². The minimum atomic E-state index is -0.712. The molecule has 0 unspecified atom stereocenters. The molecule has 1 heterocycles. The number of carbonyl (C=O) groups excluding carboxylic acids is 1. The second-order valence-corrected chi connectivity index (χ2v) is 4.51. The lowest BCUT2D eigenvalue weighted by atomic mass is 10.1. The van der Waals surface area contributed by atoms with E-state index < -0.39 is 11.2 Å². The molecule has 0 aliphatic rings. The van der Waals surface area contributed by atoms with Crippen molar-refractivity contribution in [2.24, 2.45) is 0 Å². The first kappa shape index (κ1) is 15.0. The monoisotopic (exact) mass is 269 g/mol. The maximum absolute atomic E-state index is 11.6. The molecule has 0 aromatic carbocycles. The number of aromatic amines is 1. The van der Waals surface area contributed by atoms with Crippen LogP contribution in [0.15, 0.2) is 9.59 Å². The van der Waals surface area contributed by atoms with Crippen molar-refractivity contribution in [3.63, 3.8) is 0 Å². The second kappa shape index (κ2) is 6.21. The van der Waals surface area contributed by atoms with E-state index in [4.69, 9.17) is 0 Å². The molecule has 0 spiro atoms. The third-order valence-electron chi connectivity index (χ3n) is 2.72. The van der Waals surface area contributed by atoms with Crippen LogP contribution in [0.5, 0.6) is 5.88 Å². The highest BCUT2D eigenvalue weighted by Gasteiger charge is 2.17. The lowest BCUT2D eigenvalue weighted by Crippen LogP contribution is -2.34. The average Bonchev–Trinajstić information content (AvgIpc) is 2.27. The molecule has 7 heteroatoms. The predicted octanol–water partition coefficient (Wildman–Crippen LogP) is -0.108. The van der Waals surface area contributed by atoms with Gasteiger partial charge in [-0.1, -0.05) is 13.8 Å². The van der Waals surface area contributed by atoms with Gasteiger partial charge in [-0.25, -0.2) is 4.79 Å². The van der Waals surface area contributed by atoms with Gasteiger partial charge in [-0.05, 0) is 12.8 Å². The van der Waals surface area contributed by atoms with Gasteiger partial charge in [-0.15, -0.1) is 0 Å². The number of hydrogen-bond donors (Lipinski definition) is 3. The van der Waals surface area contributed by atoms with Crippen LogP contribution in [0, 0.1) is 0 Å². The van der Waals surface area contributed by atoms with E-state index in [0.29, 0.717) is 6.54 Å². The molecule has 1 amide bonds. The number of aromatic nitrogens is 2. The molecule has 0 aliphatic carbocycles. The fraction of sp³-hybridized carbons (Fsp3) is 0.583. The zero-order chi connectivity index (χ0) is 14.6. The molecule has 106 valence electrons. The van der Waals surface area contributed by atoms with Crippen molar-refractivity contribution >= 4 is 5.91 Å². The fourth-order valence-corrected chi connectivity index (χ4v) is 1.80. The van der Waals surface area contributed by atoms with E-state index in [2.05, 4.69) is 10.3 Å². The summed E-state index contributed by atoms with van der Waals surface area (Å²) in [5, 5.41) is 12.6. The van der Waals surface area contributed by atoms with Gasteiger partial charge in [0.05, 0.1) is 5.56 Å². The average molecular weight is 269 g/mol. The summed E-state index contributed by atoms with van der Waals surface area (Å²) in [7, 11) is 0. The van der Waals surface area contributed by atoms with Gasteiger partial charge in [-0.2, -0.15) is 0 Å². The molecular formula is C12H19N3O4. The Morgan fingerprint density at radius 3 is 2.58 bits per heavy atom. The van der Waals surface area contributed by atoms with Crippen LogP contribution in [0.3, 0.4) is 0 Å². The highest BCUT2D eigenvalue weighted by molar-refractivity contribution is 5.75. The van der Waals surface area contributed by atoms with Crippen molar-refractivity contribution in [1.82, 2.24) is 14.9 Å². The Balaban J connectivity index is 3.08. The quantitative estimate of drug-likeness (QED) is 0.693. The Morgan fingerprint density at radius 1 is 1.42 bits per heavy atom. The molecule has 1 aromatic rings. The summed E-state index contributed by atoms with van der Waals surface area (Å²) >= 11 is 0. The summed E-state index contributed by atoms with van der Waals surface area (Å²) < 4.78 is 1.01. The molecule has 0 saturated carbocycles. The zero-order valence-electron chi connectivity index (χ0n) is 11.3. The van der Waals surface area contributed by atoms with Crippen LogP contribution in [0.1, 0.15) is 38.7 Å². The number of nitrogens with zero attached hydrogens (tertiary/aromatic N) is 1. The Morgan fingerprint density at radius 2 is 2.05 bits per heavy atom. The number of aromatic hydroxyl groups is 1. The molecule has 0 bridgehead atoms. The van der Waals surface area contributed by atoms with Crippen molar-refractivity contribution in [3.05, 3.63) is 26.4 Å². The minimum absolute atomic E-state index is 0.0208. The number of carbonyl (C=O) groups is 1. The smallest absolute Gasteiger partial charge is 0.331 e. The first-order valence-electron chi connectivity index (χ1n) is 6.21. The van der Waals surface area contributed by atoms with E-state index in [1.165, 1.54) is 0 Å². The molecule has 0 aliphatic heterocycles. The van der Waals surface area contributed by atoms with Gasteiger partial charge in [0, 0.05) is 19.5 Å².